The molecule has 0 bridgehead atoms. The van der Waals surface area contributed by atoms with Crippen molar-refractivity contribution in [1.82, 2.24) is 9.97 Å². The molecule has 0 aliphatic carbocycles. The fourth-order valence-corrected chi connectivity index (χ4v) is 3.58. The molecule has 0 saturated carbocycles. The second-order valence-electron chi connectivity index (χ2n) is 5.85. The van der Waals surface area contributed by atoms with Crippen molar-refractivity contribution in [1.29, 1.82) is 0 Å². The molecule has 2 aromatic carbocycles. The van der Waals surface area contributed by atoms with E-state index in [9.17, 15) is 5.11 Å². The fraction of sp³-hybridized carbons (Fsp3) is 0.0500. The van der Waals surface area contributed by atoms with Gasteiger partial charge in [-0.15, -0.1) is 11.3 Å². The maximum absolute atomic E-state index is 9.82. The number of aryl methyl sites for hydroxylation is 1. The van der Waals surface area contributed by atoms with Gasteiger partial charge in [0, 0.05) is 16.5 Å². The van der Waals surface area contributed by atoms with Crippen molar-refractivity contribution >= 4 is 33.6 Å². The zero-order valence-electron chi connectivity index (χ0n) is 14.0. The number of thiophene rings is 1. The highest BCUT2D eigenvalue weighted by atomic mass is 32.1. The van der Waals surface area contributed by atoms with Gasteiger partial charge in [0.25, 0.3) is 0 Å². The normalized spacial score (nSPS) is 11.3. The van der Waals surface area contributed by atoms with Crippen LogP contribution in [0.5, 0.6) is 5.75 Å². The van der Waals surface area contributed by atoms with Gasteiger partial charge in [0.05, 0.1) is 11.6 Å². The van der Waals surface area contributed by atoms with Crippen LogP contribution in [0.1, 0.15) is 11.1 Å². The van der Waals surface area contributed by atoms with Crippen LogP contribution >= 0.6 is 11.3 Å². The van der Waals surface area contributed by atoms with Crippen molar-refractivity contribution in [2.45, 2.75) is 6.92 Å². The van der Waals surface area contributed by atoms with E-state index in [2.05, 4.69) is 57.1 Å². The summed E-state index contributed by atoms with van der Waals surface area (Å²) in [5.74, 6) is 0.820. The van der Waals surface area contributed by atoms with Gasteiger partial charge in [0.1, 0.15) is 16.9 Å². The minimum atomic E-state index is 0.182. The summed E-state index contributed by atoms with van der Waals surface area (Å²) >= 11 is 1.58. The lowest BCUT2D eigenvalue weighted by molar-refractivity contribution is 0.474. The van der Waals surface area contributed by atoms with Crippen LogP contribution in [-0.4, -0.2) is 21.3 Å². The second-order valence-corrected chi connectivity index (χ2v) is 6.70. The molecular weight excluding hydrogens is 344 g/mol. The van der Waals surface area contributed by atoms with Crippen molar-refractivity contribution in [2.75, 3.05) is 5.43 Å². The molecule has 6 heteroatoms. The van der Waals surface area contributed by atoms with Crippen molar-refractivity contribution < 1.29 is 5.11 Å². The van der Waals surface area contributed by atoms with Gasteiger partial charge in [-0.05, 0) is 24.6 Å². The number of anilines is 1. The minimum absolute atomic E-state index is 0.182. The highest BCUT2D eigenvalue weighted by molar-refractivity contribution is 7.17. The number of rotatable bonds is 4. The van der Waals surface area contributed by atoms with Crippen LogP contribution in [0.3, 0.4) is 0 Å². The fourth-order valence-electron chi connectivity index (χ4n) is 2.67. The van der Waals surface area contributed by atoms with Crippen molar-refractivity contribution in [2.24, 2.45) is 5.10 Å². The highest BCUT2D eigenvalue weighted by Crippen LogP contribution is 2.36. The largest absolute Gasteiger partial charge is 0.507 e. The molecule has 0 saturated heterocycles. The molecule has 5 nitrogen and oxygen atoms in total. The van der Waals surface area contributed by atoms with E-state index >= 15 is 0 Å². The van der Waals surface area contributed by atoms with E-state index in [1.807, 2.05) is 6.07 Å². The third-order valence-electron chi connectivity index (χ3n) is 4.04. The Labute approximate surface area is 154 Å². The number of para-hydroxylation sites is 1. The first kappa shape index (κ1) is 16.2. The predicted molar refractivity (Wildman–Crippen MR) is 107 cm³/mol. The van der Waals surface area contributed by atoms with Gasteiger partial charge < -0.3 is 5.11 Å². The summed E-state index contributed by atoms with van der Waals surface area (Å²) in [5.41, 5.74) is 7.03. The molecule has 0 radical (unpaired) electrons. The summed E-state index contributed by atoms with van der Waals surface area (Å²) in [6.45, 7) is 2.07. The summed E-state index contributed by atoms with van der Waals surface area (Å²) in [6.07, 6.45) is 3.09. The Morgan fingerprint density at radius 3 is 2.69 bits per heavy atom. The second kappa shape index (κ2) is 6.93. The highest BCUT2D eigenvalue weighted by Gasteiger charge is 2.12. The molecule has 0 aliphatic heterocycles. The molecule has 2 heterocycles. The van der Waals surface area contributed by atoms with Crippen LogP contribution in [0.25, 0.3) is 21.3 Å². The monoisotopic (exact) mass is 360 g/mol. The summed E-state index contributed by atoms with van der Waals surface area (Å²) in [6, 6.07) is 15.4. The van der Waals surface area contributed by atoms with Crippen molar-refractivity contribution in [3.8, 4) is 16.9 Å². The molecule has 0 unspecified atom stereocenters. The number of hydrogen-bond acceptors (Lipinski definition) is 6. The van der Waals surface area contributed by atoms with Gasteiger partial charge >= 0.3 is 0 Å². The number of benzene rings is 2. The maximum atomic E-state index is 9.82. The molecule has 2 N–H and O–H groups in total. The van der Waals surface area contributed by atoms with Gasteiger partial charge in [0.2, 0.25) is 0 Å². The van der Waals surface area contributed by atoms with Crippen LogP contribution in [0, 0.1) is 6.92 Å². The average molecular weight is 360 g/mol. The number of fused-ring (bicyclic) bond motifs is 1. The Balaban J connectivity index is 1.70. The maximum Gasteiger partial charge on any atom is 0.159 e. The molecule has 26 heavy (non-hydrogen) atoms. The van der Waals surface area contributed by atoms with Gasteiger partial charge in [-0.3, -0.25) is 5.43 Å². The number of nitrogens with one attached hydrogen (secondary N) is 1. The standard InChI is InChI=1S/C20H16N4OS/c1-13-6-8-14(9-7-13)16-11-26-20-18(16)19(21-12-22-20)24-23-10-15-4-2-3-5-17(15)25/h2-12,25H,1H3,(H,21,22,24). The van der Waals surface area contributed by atoms with Crippen LogP contribution < -0.4 is 5.43 Å². The molecule has 4 rings (SSSR count). The van der Waals surface area contributed by atoms with E-state index in [4.69, 9.17) is 0 Å². The van der Waals surface area contributed by atoms with E-state index in [-0.39, 0.29) is 5.75 Å². The molecule has 0 fully saturated rings. The van der Waals surface area contributed by atoms with Crippen LogP contribution in [-0.2, 0) is 0 Å². The average Bonchev–Trinajstić information content (AvgIpc) is 3.09. The topological polar surface area (TPSA) is 70.4 Å². The first-order chi connectivity index (χ1) is 12.7. The van der Waals surface area contributed by atoms with Gasteiger partial charge in [0.15, 0.2) is 5.82 Å². The zero-order valence-corrected chi connectivity index (χ0v) is 14.9. The number of hydrogen-bond donors (Lipinski definition) is 2. The Morgan fingerprint density at radius 2 is 1.88 bits per heavy atom. The third kappa shape index (κ3) is 3.14. The number of aromatic hydroxyl groups is 1. The first-order valence-electron chi connectivity index (χ1n) is 8.08. The molecule has 0 spiro atoms. The predicted octanol–water partition coefficient (Wildman–Crippen LogP) is 4.82. The number of nitrogens with zero attached hydrogens (tertiary/aromatic N) is 3. The molecule has 0 aliphatic rings. The molecular formula is C20H16N4OS. The molecule has 0 atom stereocenters. The molecule has 4 aromatic rings. The lowest BCUT2D eigenvalue weighted by Crippen LogP contribution is -1.95. The number of phenolic OH excluding ortho intramolecular Hbond substituents is 1. The lowest BCUT2D eigenvalue weighted by Gasteiger charge is -2.05. The van der Waals surface area contributed by atoms with E-state index in [0.717, 1.165) is 21.3 Å². The number of hydrazone groups is 1. The Morgan fingerprint density at radius 1 is 1.08 bits per heavy atom. The van der Waals surface area contributed by atoms with E-state index in [1.54, 1.807) is 35.8 Å². The van der Waals surface area contributed by atoms with E-state index in [0.29, 0.717) is 11.4 Å². The van der Waals surface area contributed by atoms with Crippen LogP contribution in [0.15, 0.2) is 65.3 Å². The van der Waals surface area contributed by atoms with Gasteiger partial charge in [-0.2, -0.15) is 5.10 Å². The summed E-state index contributed by atoms with van der Waals surface area (Å²) in [4.78, 5) is 9.61. The minimum Gasteiger partial charge on any atom is -0.507 e. The lowest BCUT2D eigenvalue weighted by atomic mass is 10.0. The molecule has 2 aromatic heterocycles. The SMILES string of the molecule is Cc1ccc(-c2csc3ncnc(NN=Cc4ccccc4O)c23)cc1. The summed E-state index contributed by atoms with van der Waals surface area (Å²) < 4.78 is 0. The smallest absolute Gasteiger partial charge is 0.159 e. The van der Waals surface area contributed by atoms with Gasteiger partial charge in [-0.25, -0.2) is 9.97 Å². The Kier molecular flexibility index (Phi) is 4.33. The molecule has 128 valence electrons. The van der Waals surface area contributed by atoms with Gasteiger partial charge in [-0.1, -0.05) is 42.0 Å². The van der Waals surface area contributed by atoms with Crippen LogP contribution in [0.4, 0.5) is 5.82 Å². The first-order valence-corrected chi connectivity index (χ1v) is 8.96. The Bertz CT molecular complexity index is 1090. The number of phenols is 1. The quantitative estimate of drug-likeness (QED) is 0.404. The summed E-state index contributed by atoms with van der Waals surface area (Å²) in [5, 5.41) is 17.1. The van der Waals surface area contributed by atoms with E-state index in [1.165, 1.54) is 11.9 Å². The van der Waals surface area contributed by atoms with Crippen molar-refractivity contribution in [3.05, 3.63) is 71.4 Å². The van der Waals surface area contributed by atoms with Crippen molar-refractivity contribution in [3.63, 3.8) is 0 Å². The Hall–Kier alpha value is -3.25. The number of aromatic nitrogens is 2. The zero-order chi connectivity index (χ0) is 17.9. The summed E-state index contributed by atoms with van der Waals surface area (Å²) in [7, 11) is 0. The third-order valence-corrected chi connectivity index (χ3v) is 4.93. The molecule has 0 amide bonds. The van der Waals surface area contributed by atoms with Crippen LogP contribution in [0.2, 0.25) is 0 Å². The van der Waals surface area contributed by atoms with E-state index < -0.39 is 0 Å².